The maximum absolute atomic E-state index is 13.1. The molecule has 0 atom stereocenters. The number of hydrogen-bond acceptors (Lipinski definition) is 3. The minimum absolute atomic E-state index is 0.379. The molecule has 0 saturated heterocycles. The van der Waals surface area contributed by atoms with Crippen LogP contribution in [-0.2, 0) is 4.74 Å². The molecule has 0 N–H and O–H groups in total. The fourth-order valence-corrected chi connectivity index (χ4v) is 3.76. The summed E-state index contributed by atoms with van der Waals surface area (Å²) < 4.78 is 7.37. The van der Waals surface area contributed by atoms with Gasteiger partial charge >= 0.3 is 6.09 Å². The normalized spacial score (nSPS) is 11.9. The van der Waals surface area contributed by atoms with Gasteiger partial charge in [-0.2, -0.15) is 0 Å². The summed E-state index contributed by atoms with van der Waals surface area (Å²) >= 11 is 0. The van der Waals surface area contributed by atoms with Gasteiger partial charge in [0.1, 0.15) is 5.60 Å². The zero-order valence-electron chi connectivity index (χ0n) is 16.9. The lowest BCUT2D eigenvalue weighted by Gasteiger charge is -2.20. The molecule has 142 valence electrons. The van der Waals surface area contributed by atoms with Crippen LogP contribution in [0.5, 0.6) is 0 Å². The van der Waals surface area contributed by atoms with Gasteiger partial charge in [-0.25, -0.2) is 9.36 Å². The minimum Gasteiger partial charge on any atom is -0.443 e. The summed E-state index contributed by atoms with van der Waals surface area (Å²) in [6, 6.07) is 18.1. The lowest BCUT2D eigenvalue weighted by molar-refractivity contribution is 0.0551. The van der Waals surface area contributed by atoms with Crippen LogP contribution in [0.2, 0.25) is 0 Å². The third-order valence-corrected chi connectivity index (χ3v) is 4.85. The third-order valence-electron chi connectivity index (χ3n) is 4.85. The first kappa shape index (κ1) is 18.2. The molecule has 0 aliphatic rings. The monoisotopic (exact) mass is 372 g/mol. The molecule has 0 aliphatic heterocycles. The number of fused-ring (bicyclic) bond motifs is 3. The number of para-hydroxylation sites is 1. The molecule has 4 rings (SSSR count). The highest BCUT2D eigenvalue weighted by Gasteiger charge is 2.25. The number of rotatable bonds is 1. The smallest absolute Gasteiger partial charge is 0.419 e. The highest BCUT2D eigenvalue weighted by atomic mass is 16.6. The fraction of sp³-hybridized carbons (Fsp3) is 0.250. The lowest BCUT2D eigenvalue weighted by atomic mass is 10.0. The Labute approximate surface area is 164 Å². The Balaban J connectivity index is 2.09. The van der Waals surface area contributed by atoms with Crippen LogP contribution >= 0.6 is 0 Å². The first-order valence-corrected chi connectivity index (χ1v) is 9.47. The Morgan fingerprint density at radius 2 is 1.61 bits per heavy atom. The summed E-state index contributed by atoms with van der Waals surface area (Å²) in [5.41, 5.74) is 4.95. The first-order valence-electron chi connectivity index (χ1n) is 9.47. The van der Waals surface area contributed by atoms with Crippen LogP contribution in [-0.4, -0.2) is 21.2 Å². The average Bonchev–Trinajstić information content (AvgIpc) is 3.00. The van der Waals surface area contributed by atoms with Crippen LogP contribution in [0, 0.1) is 13.8 Å². The second-order valence-corrected chi connectivity index (χ2v) is 8.09. The van der Waals surface area contributed by atoms with Gasteiger partial charge in [-0.1, -0.05) is 48.5 Å². The molecule has 28 heavy (non-hydrogen) atoms. The van der Waals surface area contributed by atoms with E-state index in [1.165, 1.54) is 0 Å². The lowest BCUT2D eigenvalue weighted by Crippen LogP contribution is -2.27. The van der Waals surface area contributed by atoms with Crippen LogP contribution in [0.25, 0.3) is 33.1 Å². The van der Waals surface area contributed by atoms with E-state index in [9.17, 15) is 4.79 Å². The number of carbonyl (C=O) groups is 1. The van der Waals surface area contributed by atoms with Crippen molar-refractivity contribution in [2.75, 3.05) is 0 Å². The number of carbonyl (C=O) groups excluding carboxylic acids is 1. The molecule has 4 nitrogen and oxygen atoms in total. The largest absolute Gasteiger partial charge is 0.443 e. The van der Waals surface area contributed by atoms with Crippen molar-refractivity contribution in [3.05, 3.63) is 65.9 Å². The molecule has 0 radical (unpaired) electrons. The number of hydrogen-bond donors (Lipinski definition) is 0. The van der Waals surface area contributed by atoms with Gasteiger partial charge in [0.25, 0.3) is 0 Å². The number of benzene rings is 2. The summed E-state index contributed by atoms with van der Waals surface area (Å²) in [4.78, 5) is 18.0. The highest BCUT2D eigenvalue weighted by Crippen LogP contribution is 2.37. The van der Waals surface area contributed by atoms with Crippen molar-refractivity contribution in [2.24, 2.45) is 0 Å². The quantitative estimate of drug-likeness (QED) is 0.396. The number of pyridine rings is 1. The highest BCUT2D eigenvalue weighted by molar-refractivity contribution is 6.15. The number of nitrogens with zero attached hydrogens (tertiary/aromatic N) is 2. The summed E-state index contributed by atoms with van der Waals surface area (Å²) in [6.07, 6.45) is -0.379. The van der Waals surface area contributed by atoms with Gasteiger partial charge in [0, 0.05) is 16.3 Å². The van der Waals surface area contributed by atoms with Crippen LogP contribution in [0.15, 0.2) is 54.6 Å². The molecule has 0 unspecified atom stereocenters. The van der Waals surface area contributed by atoms with E-state index in [0.29, 0.717) is 0 Å². The fourth-order valence-electron chi connectivity index (χ4n) is 3.76. The molecular formula is C24H24N2O2. The molecule has 2 heterocycles. The molecule has 0 fully saturated rings. The Hall–Kier alpha value is -3.14. The summed E-state index contributed by atoms with van der Waals surface area (Å²) in [5, 5.41) is 2.08. The Bertz CT molecular complexity index is 1200. The molecule has 4 aromatic rings. The first-order chi connectivity index (χ1) is 13.3. The number of aromatic nitrogens is 2. The molecule has 2 aromatic heterocycles. The van der Waals surface area contributed by atoms with E-state index in [-0.39, 0.29) is 6.09 Å². The molecule has 0 aliphatic carbocycles. The molecule has 0 spiro atoms. The third kappa shape index (κ3) is 2.95. The SMILES string of the molecule is Cc1c(-c2ccccc2)nc(C)c2c1c1ccccc1n2C(=O)OC(C)(C)C. The second-order valence-electron chi connectivity index (χ2n) is 8.09. The van der Waals surface area contributed by atoms with Gasteiger partial charge in [-0.15, -0.1) is 0 Å². The van der Waals surface area contributed by atoms with E-state index in [2.05, 4.69) is 25.1 Å². The van der Waals surface area contributed by atoms with E-state index in [0.717, 1.165) is 44.3 Å². The van der Waals surface area contributed by atoms with Gasteiger partial charge in [0.2, 0.25) is 0 Å². The molecule has 4 heteroatoms. The van der Waals surface area contributed by atoms with Gasteiger partial charge in [0.15, 0.2) is 0 Å². The van der Waals surface area contributed by atoms with Crippen LogP contribution in [0.1, 0.15) is 32.0 Å². The predicted octanol–water partition coefficient (Wildman–Crippen LogP) is 6.26. The molecule has 0 saturated carbocycles. The van der Waals surface area contributed by atoms with E-state index in [1.807, 2.05) is 64.1 Å². The predicted molar refractivity (Wildman–Crippen MR) is 114 cm³/mol. The second kappa shape index (κ2) is 6.48. The van der Waals surface area contributed by atoms with Crippen molar-refractivity contribution in [1.29, 1.82) is 0 Å². The standard InChI is InChI=1S/C24H24N2O2/c1-15-20-18-13-9-10-14-19(18)26(23(27)28-24(3,4)5)22(20)16(2)25-21(15)17-11-7-6-8-12-17/h6-14H,1-5H3. The average molecular weight is 372 g/mol. The van der Waals surface area contributed by atoms with E-state index in [1.54, 1.807) is 4.57 Å². The van der Waals surface area contributed by atoms with E-state index < -0.39 is 5.60 Å². The topological polar surface area (TPSA) is 44.1 Å². The Morgan fingerprint density at radius 3 is 2.29 bits per heavy atom. The zero-order valence-corrected chi connectivity index (χ0v) is 16.9. The molecule has 0 bridgehead atoms. The van der Waals surface area contributed by atoms with Crippen molar-refractivity contribution in [3.63, 3.8) is 0 Å². The van der Waals surface area contributed by atoms with Crippen LogP contribution in [0.3, 0.4) is 0 Å². The van der Waals surface area contributed by atoms with Crippen molar-refractivity contribution >= 4 is 27.9 Å². The summed E-state index contributed by atoms with van der Waals surface area (Å²) in [6.45, 7) is 9.66. The molecular weight excluding hydrogens is 348 g/mol. The minimum atomic E-state index is -0.574. The van der Waals surface area contributed by atoms with Gasteiger partial charge < -0.3 is 4.74 Å². The Morgan fingerprint density at radius 1 is 0.964 bits per heavy atom. The maximum Gasteiger partial charge on any atom is 0.419 e. The van der Waals surface area contributed by atoms with E-state index >= 15 is 0 Å². The molecule has 0 amide bonds. The number of ether oxygens (including phenoxy) is 1. The van der Waals surface area contributed by atoms with Crippen molar-refractivity contribution < 1.29 is 9.53 Å². The zero-order chi connectivity index (χ0) is 20.1. The van der Waals surface area contributed by atoms with Crippen molar-refractivity contribution in [1.82, 2.24) is 9.55 Å². The summed E-state index contributed by atoms with van der Waals surface area (Å²) in [5.74, 6) is 0. The van der Waals surface area contributed by atoms with Gasteiger partial charge in [0.05, 0.1) is 22.4 Å². The van der Waals surface area contributed by atoms with Crippen molar-refractivity contribution in [3.8, 4) is 11.3 Å². The molecule has 2 aromatic carbocycles. The van der Waals surface area contributed by atoms with Crippen LogP contribution in [0.4, 0.5) is 4.79 Å². The summed E-state index contributed by atoms with van der Waals surface area (Å²) in [7, 11) is 0. The van der Waals surface area contributed by atoms with E-state index in [4.69, 9.17) is 9.72 Å². The Kier molecular flexibility index (Phi) is 4.22. The van der Waals surface area contributed by atoms with Gasteiger partial charge in [-0.05, 0) is 46.2 Å². The number of aryl methyl sites for hydroxylation is 2. The maximum atomic E-state index is 13.1. The van der Waals surface area contributed by atoms with Crippen molar-refractivity contribution in [2.45, 2.75) is 40.2 Å². The van der Waals surface area contributed by atoms with Crippen LogP contribution < -0.4 is 0 Å². The van der Waals surface area contributed by atoms with Gasteiger partial charge in [-0.3, -0.25) is 4.98 Å².